The maximum Gasteiger partial charge on any atom is 0.142 e. The van der Waals surface area contributed by atoms with Gasteiger partial charge in [-0.05, 0) is 42.8 Å². The summed E-state index contributed by atoms with van der Waals surface area (Å²) in [5.74, 6) is 0.639. The summed E-state index contributed by atoms with van der Waals surface area (Å²) in [7, 11) is 1.67. The topological polar surface area (TPSA) is 38.6 Å². The van der Waals surface area contributed by atoms with Gasteiger partial charge in [-0.15, -0.1) is 0 Å². The van der Waals surface area contributed by atoms with Crippen molar-refractivity contribution in [2.75, 3.05) is 25.6 Å². The predicted octanol–water partition coefficient (Wildman–Crippen LogP) is 3.51. The Morgan fingerprint density at radius 2 is 2.00 bits per heavy atom. The standard InChI is InChI=1S/C17H18FN3O/c1-12-4-3-10-21-16(12)20-15(17(21)19-9-11-22-2)13-5-7-14(18)8-6-13/h3-8,10,19H,9,11H2,1-2H3. The summed E-state index contributed by atoms with van der Waals surface area (Å²) in [5, 5.41) is 3.36. The Kier molecular flexibility index (Phi) is 4.06. The Balaban J connectivity index is 2.12. The average Bonchev–Trinajstić information content (AvgIpc) is 2.89. The van der Waals surface area contributed by atoms with Crippen LogP contribution in [0.3, 0.4) is 0 Å². The number of benzene rings is 1. The Morgan fingerprint density at radius 1 is 1.23 bits per heavy atom. The quantitative estimate of drug-likeness (QED) is 0.733. The van der Waals surface area contributed by atoms with E-state index in [-0.39, 0.29) is 5.82 Å². The highest BCUT2D eigenvalue weighted by atomic mass is 19.1. The number of methoxy groups -OCH3 is 1. The lowest BCUT2D eigenvalue weighted by atomic mass is 10.1. The Labute approximate surface area is 128 Å². The molecule has 0 fully saturated rings. The molecule has 0 spiro atoms. The number of fused-ring (bicyclic) bond motifs is 1. The molecule has 4 nitrogen and oxygen atoms in total. The van der Waals surface area contributed by atoms with Gasteiger partial charge >= 0.3 is 0 Å². The molecule has 22 heavy (non-hydrogen) atoms. The lowest BCUT2D eigenvalue weighted by Gasteiger charge is -2.08. The molecule has 5 heteroatoms. The molecule has 1 aromatic carbocycles. The van der Waals surface area contributed by atoms with Gasteiger partial charge in [-0.1, -0.05) is 6.07 Å². The molecule has 2 heterocycles. The molecule has 3 aromatic rings. The van der Waals surface area contributed by atoms with E-state index in [4.69, 9.17) is 9.72 Å². The fourth-order valence-corrected chi connectivity index (χ4v) is 2.45. The van der Waals surface area contributed by atoms with Gasteiger partial charge in [0, 0.05) is 25.4 Å². The van der Waals surface area contributed by atoms with Crippen molar-refractivity contribution in [1.82, 2.24) is 9.38 Å². The highest BCUT2D eigenvalue weighted by molar-refractivity contribution is 5.77. The predicted molar refractivity (Wildman–Crippen MR) is 85.7 cm³/mol. The monoisotopic (exact) mass is 299 g/mol. The van der Waals surface area contributed by atoms with Crippen LogP contribution < -0.4 is 5.32 Å². The normalized spacial score (nSPS) is 11.0. The highest BCUT2D eigenvalue weighted by Crippen LogP contribution is 2.29. The summed E-state index contributed by atoms with van der Waals surface area (Å²) in [6.45, 7) is 3.30. The molecule has 1 N–H and O–H groups in total. The second-order valence-electron chi connectivity index (χ2n) is 5.12. The summed E-state index contributed by atoms with van der Waals surface area (Å²) in [5.41, 5.74) is 3.67. The number of nitrogens with one attached hydrogen (secondary N) is 1. The zero-order valence-electron chi connectivity index (χ0n) is 12.6. The maximum absolute atomic E-state index is 13.2. The molecule has 0 aliphatic rings. The first-order chi connectivity index (χ1) is 10.7. The Morgan fingerprint density at radius 3 is 2.73 bits per heavy atom. The minimum atomic E-state index is -0.252. The van der Waals surface area contributed by atoms with Crippen LogP contribution >= 0.6 is 0 Å². The molecule has 0 amide bonds. The molecule has 114 valence electrons. The molecule has 3 rings (SSSR count). The number of ether oxygens (including phenoxy) is 1. The molecule has 0 aliphatic carbocycles. The third-order valence-corrected chi connectivity index (χ3v) is 3.56. The molecule has 0 radical (unpaired) electrons. The van der Waals surface area contributed by atoms with Crippen molar-refractivity contribution in [1.29, 1.82) is 0 Å². The van der Waals surface area contributed by atoms with E-state index in [1.807, 2.05) is 29.7 Å². The molecule has 0 aliphatic heterocycles. The van der Waals surface area contributed by atoms with Crippen molar-refractivity contribution in [3.8, 4) is 11.3 Å². The van der Waals surface area contributed by atoms with Gasteiger partial charge < -0.3 is 10.1 Å². The number of rotatable bonds is 5. The van der Waals surface area contributed by atoms with Gasteiger partial charge in [-0.2, -0.15) is 0 Å². The van der Waals surface area contributed by atoms with E-state index in [0.29, 0.717) is 13.2 Å². The van der Waals surface area contributed by atoms with E-state index >= 15 is 0 Å². The summed E-state index contributed by atoms with van der Waals surface area (Å²) in [6, 6.07) is 10.4. The summed E-state index contributed by atoms with van der Waals surface area (Å²) in [4.78, 5) is 4.73. The van der Waals surface area contributed by atoms with Crippen LogP contribution in [-0.4, -0.2) is 29.6 Å². The van der Waals surface area contributed by atoms with Gasteiger partial charge in [-0.3, -0.25) is 4.40 Å². The second kappa shape index (κ2) is 6.15. The lowest BCUT2D eigenvalue weighted by Crippen LogP contribution is -2.10. The van der Waals surface area contributed by atoms with Crippen molar-refractivity contribution in [2.45, 2.75) is 6.92 Å². The van der Waals surface area contributed by atoms with Crippen LogP contribution in [0.1, 0.15) is 5.56 Å². The van der Waals surface area contributed by atoms with Crippen LogP contribution in [-0.2, 0) is 4.74 Å². The molecular formula is C17H18FN3O. The van der Waals surface area contributed by atoms with Crippen LogP contribution in [0.2, 0.25) is 0 Å². The molecular weight excluding hydrogens is 281 g/mol. The van der Waals surface area contributed by atoms with Gasteiger partial charge in [-0.25, -0.2) is 9.37 Å². The van der Waals surface area contributed by atoms with E-state index < -0.39 is 0 Å². The first kappa shape index (κ1) is 14.5. The Hall–Kier alpha value is -2.40. The van der Waals surface area contributed by atoms with Crippen molar-refractivity contribution in [2.24, 2.45) is 0 Å². The van der Waals surface area contributed by atoms with Gasteiger partial charge in [0.25, 0.3) is 0 Å². The fraction of sp³-hybridized carbons (Fsp3) is 0.235. The number of aryl methyl sites for hydroxylation is 1. The number of hydrogen-bond acceptors (Lipinski definition) is 3. The van der Waals surface area contributed by atoms with Crippen molar-refractivity contribution >= 4 is 11.5 Å². The third kappa shape index (κ3) is 2.67. The van der Waals surface area contributed by atoms with Crippen LogP contribution in [0, 0.1) is 12.7 Å². The number of halogens is 1. The van der Waals surface area contributed by atoms with Crippen LogP contribution in [0.4, 0.5) is 10.2 Å². The smallest absolute Gasteiger partial charge is 0.142 e. The Bertz CT molecular complexity index is 780. The summed E-state index contributed by atoms with van der Waals surface area (Å²) in [6.07, 6.45) is 1.97. The molecule has 2 aromatic heterocycles. The van der Waals surface area contributed by atoms with Gasteiger partial charge in [0.1, 0.15) is 23.0 Å². The zero-order valence-corrected chi connectivity index (χ0v) is 12.6. The maximum atomic E-state index is 13.2. The first-order valence-corrected chi connectivity index (χ1v) is 7.17. The molecule has 0 bridgehead atoms. The van der Waals surface area contributed by atoms with Crippen molar-refractivity contribution in [3.05, 3.63) is 54.0 Å². The summed E-state index contributed by atoms with van der Waals surface area (Å²) < 4.78 is 20.3. The molecule has 0 saturated heterocycles. The van der Waals surface area contributed by atoms with Gasteiger partial charge in [0.2, 0.25) is 0 Å². The van der Waals surface area contributed by atoms with Crippen LogP contribution in [0.15, 0.2) is 42.6 Å². The molecule has 0 saturated carbocycles. The highest BCUT2D eigenvalue weighted by Gasteiger charge is 2.14. The minimum Gasteiger partial charge on any atom is -0.383 e. The molecule has 0 atom stereocenters. The largest absolute Gasteiger partial charge is 0.383 e. The number of pyridine rings is 1. The van der Waals surface area contributed by atoms with E-state index in [2.05, 4.69) is 5.32 Å². The van der Waals surface area contributed by atoms with Gasteiger partial charge in [0.05, 0.1) is 6.61 Å². The lowest BCUT2D eigenvalue weighted by molar-refractivity contribution is 0.210. The average molecular weight is 299 g/mol. The van der Waals surface area contributed by atoms with Crippen molar-refractivity contribution in [3.63, 3.8) is 0 Å². The van der Waals surface area contributed by atoms with E-state index in [1.54, 1.807) is 19.2 Å². The second-order valence-corrected chi connectivity index (χ2v) is 5.12. The number of hydrogen-bond donors (Lipinski definition) is 1. The fourth-order valence-electron chi connectivity index (χ4n) is 2.45. The van der Waals surface area contributed by atoms with Crippen LogP contribution in [0.5, 0.6) is 0 Å². The van der Waals surface area contributed by atoms with E-state index in [1.165, 1.54) is 12.1 Å². The SMILES string of the molecule is COCCNc1c(-c2ccc(F)cc2)nc2c(C)cccn12. The minimum absolute atomic E-state index is 0.252. The van der Waals surface area contributed by atoms with E-state index in [9.17, 15) is 4.39 Å². The number of anilines is 1. The number of aromatic nitrogens is 2. The summed E-state index contributed by atoms with van der Waals surface area (Å²) >= 11 is 0. The van der Waals surface area contributed by atoms with Gasteiger partial charge in [0.15, 0.2) is 0 Å². The first-order valence-electron chi connectivity index (χ1n) is 7.17. The van der Waals surface area contributed by atoms with Crippen molar-refractivity contribution < 1.29 is 9.13 Å². The number of nitrogens with zero attached hydrogens (tertiary/aromatic N) is 2. The molecule has 0 unspecified atom stereocenters. The van der Waals surface area contributed by atoms with E-state index in [0.717, 1.165) is 28.3 Å². The number of imidazole rings is 1. The van der Waals surface area contributed by atoms with Crippen LogP contribution in [0.25, 0.3) is 16.9 Å². The zero-order chi connectivity index (χ0) is 15.5. The third-order valence-electron chi connectivity index (χ3n) is 3.56.